The molecule has 0 radical (unpaired) electrons. The van der Waals surface area contributed by atoms with Crippen LogP contribution in [0.25, 0.3) is 6.08 Å². The summed E-state index contributed by atoms with van der Waals surface area (Å²) in [5.74, 6) is -1.10. The summed E-state index contributed by atoms with van der Waals surface area (Å²) in [4.78, 5) is 24.0. The standard InChI is InChI=1S/C21H27N3O3/c1-5-11-21(7-3,16-10-8-9-15(6-2)12-16)14-24-13-17(25)19(26)18(23-24)20(27)22-4/h6,8-10,12-13,25H,2,5,7,11,14H2,1,3-4H3,(H,22,27). The summed E-state index contributed by atoms with van der Waals surface area (Å²) in [6, 6.07) is 8.18. The maximum Gasteiger partial charge on any atom is 0.275 e. The highest BCUT2D eigenvalue weighted by Gasteiger charge is 2.31. The topological polar surface area (TPSA) is 84.2 Å². The van der Waals surface area contributed by atoms with E-state index in [9.17, 15) is 14.7 Å². The first-order chi connectivity index (χ1) is 12.9. The van der Waals surface area contributed by atoms with Gasteiger partial charge in [0, 0.05) is 12.5 Å². The van der Waals surface area contributed by atoms with E-state index in [4.69, 9.17) is 0 Å². The number of carbonyl (C=O) groups is 1. The summed E-state index contributed by atoms with van der Waals surface area (Å²) in [6.07, 6.45) is 5.80. The molecule has 0 aliphatic heterocycles. The average Bonchev–Trinajstić information content (AvgIpc) is 2.69. The number of nitrogens with one attached hydrogen (secondary N) is 1. The van der Waals surface area contributed by atoms with Crippen molar-refractivity contribution in [3.63, 3.8) is 0 Å². The van der Waals surface area contributed by atoms with Gasteiger partial charge in [-0.25, -0.2) is 0 Å². The first kappa shape index (κ1) is 20.4. The monoisotopic (exact) mass is 369 g/mol. The second-order valence-corrected chi connectivity index (χ2v) is 6.68. The number of aromatic hydroxyl groups is 1. The summed E-state index contributed by atoms with van der Waals surface area (Å²) < 4.78 is 1.50. The van der Waals surface area contributed by atoms with Gasteiger partial charge in [0.1, 0.15) is 0 Å². The third-order valence-electron chi connectivity index (χ3n) is 4.99. The molecule has 1 amide bonds. The fourth-order valence-electron chi connectivity index (χ4n) is 3.46. The predicted molar refractivity (Wildman–Crippen MR) is 107 cm³/mol. The molecule has 1 atom stereocenters. The molecule has 1 aromatic carbocycles. The highest BCUT2D eigenvalue weighted by molar-refractivity contribution is 5.92. The molecular formula is C21H27N3O3. The SMILES string of the molecule is C=Cc1cccc(C(CC)(CCC)Cn2cc(O)c(=O)c(C(=O)NC)n2)c1. The van der Waals surface area contributed by atoms with Crippen molar-refractivity contribution in [3.05, 3.63) is 64.1 Å². The van der Waals surface area contributed by atoms with E-state index in [0.29, 0.717) is 6.54 Å². The van der Waals surface area contributed by atoms with Gasteiger partial charge >= 0.3 is 0 Å². The summed E-state index contributed by atoms with van der Waals surface area (Å²) in [6.45, 7) is 8.51. The Hall–Kier alpha value is -2.89. The third-order valence-corrected chi connectivity index (χ3v) is 4.99. The molecule has 6 nitrogen and oxygen atoms in total. The summed E-state index contributed by atoms with van der Waals surface area (Å²) in [5.41, 5.74) is 0.854. The molecule has 0 saturated heterocycles. The molecule has 27 heavy (non-hydrogen) atoms. The van der Waals surface area contributed by atoms with Crippen molar-refractivity contribution in [2.24, 2.45) is 0 Å². The van der Waals surface area contributed by atoms with Crippen molar-refractivity contribution in [3.8, 4) is 5.75 Å². The smallest absolute Gasteiger partial charge is 0.275 e. The molecule has 2 aromatic rings. The number of carbonyl (C=O) groups excluding carboxylic acids is 1. The van der Waals surface area contributed by atoms with Crippen LogP contribution in [-0.2, 0) is 12.0 Å². The Morgan fingerprint density at radius 3 is 2.74 bits per heavy atom. The molecule has 1 unspecified atom stereocenters. The fraction of sp³-hybridized carbons (Fsp3) is 0.381. The largest absolute Gasteiger partial charge is 0.503 e. The van der Waals surface area contributed by atoms with Gasteiger partial charge in [-0.1, -0.05) is 57.2 Å². The van der Waals surface area contributed by atoms with Gasteiger partial charge in [0.25, 0.3) is 11.3 Å². The molecule has 0 aliphatic carbocycles. The molecule has 144 valence electrons. The minimum absolute atomic E-state index is 0.248. The van der Waals surface area contributed by atoms with Crippen molar-refractivity contribution in [2.75, 3.05) is 7.05 Å². The fourth-order valence-corrected chi connectivity index (χ4v) is 3.46. The maximum atomic E-state index is 12.0. The van der Waals surface area contributed by atoms with Crippen molar-refractivity contribution >= 4 is 12.0 Å². The summed E-state index contributed by atoms with van der Waals surface area (Å²) in [5, 5.41) is 16.6. The lowest BCUT2D eigenvalue weighted by molar-refractivity contribution is 0.0953. The van der Waals surface area contributed by atoms with Gasteiger partial charge in [-0.3, -0.25) is 14.3 Å². The van der Waals surface area contributed by atoms with Crippen LogP contribution in [0.5, 0.6) is 5.75 Å². The zero-order valence-electron chi connectivity index (χ0n) is 16.2. The first-order valence-electron chi connectivity index (χ1n) is 9.16. The first-order valence-corrected chi connectivity index (χ1v) is 9.16. The Morgan fingerprint density at radius 2 is 2.15 bits per heavy atom. The maximum absolute atomic E-state index is 12.0. The molecular weight excluding hydrogens is 342 g/mol. The number of benzene rings is 1. The van der Waals surface area contributed by atoms with Crippen molar-refractivity contribution in [2.45, 2.75) is 45.1 Å². The Bertz CT molecular complexity index is 888. The quantitative estimate of drug-likeness (QED) is 0.749. The van der Waals surface area contributed by atoms with Gasteiger partial charge < -0.3 is 10.4 Å². The van der Waals surface area contributed by atoms with Crippen molar-refractivity contribution in [1.29, 1.82) is 0 Å². The molecule has 6 heteroatoms. The number of hydrogen-bond acceptors (Lipinski definition) is 4. The predicted octanol–water partition coefficient (Wildman–Crippen LogP) is 3.10. The lowest BCUT2D eigenvalue weighted by Gasteiger charge is -2.34. The van der Waals surface area contributed by atoms with Crippen LogP contribution >= 0.6 is 0 Å². The molecule has 0 fully saturated rings. The normalized spacial score (nSPS) is 13.0. The highest BCUT2D eigenvalue weighted by atomic mass is 16.3. The van der Waals surface area contributed by atoms with E-state index in [-0.39, 0.29) is 11.1 Å². The minimum atomic E-state index is -0.767. The Labute approximate surface area is 159 Å². The van der Waals surface area contributed by atoms with Crippen LogP contribution in [0.4, 0.5) is 0 Å². The van der Waals surface area contributed by atoms with Crippen LogP contribution in [-0.4, -0.2) is 27.8 Å². The zero-order chi connectivity index (χ0) is 20.0. The number of nitrogens with zero attached hydrogens (tertiary/aromatic N) is 2. The highest BCUT2D eigenvalue weighted by Crippen LogP contribution is 2.35. The summed E-state index contributed by atoms with van der Waals surface area (Å²) in [7, 11) is 1.42. The van der Waals surface area contributed by atoms with Crippen LogP contribution in [0.2, 0.25) is 0 Å². The van der Waals surface area contributed by atoms with Gasteiger partial charge in [0.15, 0.2) is 11.4 Å². The zero-order valence-corrected chi connectivity index (χ0v) is 16.2. The Kier molecular flexibility index (Phi) is 6.55. The Morgan fingerprint density at radius 1 is 1.41 bits per heavy atom. The second-order valence-electron chi connectivity index (χ2n) is 6.68. The second kappa shape index (κ2) is 8.66. The number of aromatic nitrogens is 2. The van der Waals surface area contributed by atoms with Crippen LogP contribution < -0.4 is 10.7 Å². The van der Waals surface area contributed by atoms with Gasteiger partial charge in [0.2, 0.25) is 0 Å². The number of hydrogen-bond donors (Lipinski definition) is 2. The average molecular weight is 369 g/mol. The van der Waals surface area contributed by atoms with Gasteiger partial charge in [-0.2, -0.15) is 5.10 Å². The molecule has 2 N–H and O–H groups in total. The third kappa shape index (κ3) is 4.27. The van der Waals surface area contributed by atoms with E-state index in [1.807, 2.05) is 18.2 Å². The Balaban J connectivity index is 2.56. The van der Waals surface area contributed by atoms with E-state index in [1.165, 1.54) is 17.9 Å². The van der Waals surface area contributed by atoms with E-state index in [0.717, 1.165) is 30.4 Å². The van der Waals surface area contributed by atoms with Crippen LogP contribution in [0.15, 0.2) is 41.8 Å². The van der Waals surface area contributed by atoms with E-state index in [2.05, 4.69) is 43.0 Å². The van der Waals surface area contributed by atoms with Gasteiger partial charge in [-0.05, 0) is 24.0 Å². The van der Waals surface area contributed by atoms with Gasteiger partial charge in [-0.15, -0.1) is 0 Å². The number of rotatable bonds is 8. The van der Waals surface area contributed by atoms with E-state index in [1.54, 1.807) is 0 Å². The molecule has 2 rings (SSSR count). The van der Waals surface area contributed by atoms with Crippen molar-refractivity contribution < 1.29 is 9.90 Å². The minimum Gasteiger partial charge on any atom is -0.503 e. The number of amides is 1. The van der Waals surface area contributed by atoms with Crippen molar-refractivity contribution in [1.82, 2.24) is 15.1 Å². The van der Waals surface area contributed by atoms with Crippen LogP contribution in [0.1, 0.15) is 54.7 Å². The molecule has 1 aromatic heterocycles. The summed E-state index contributed by atoms with van der Waals surface area (Å²) >= 11 is 0. The molecule has 1 heterocycles. The molecule has 0 aliphatic rings. The van der Waals surface area contributed by atoms with Crippen LogP contribution in [0, 0.1) is 0 Å². The van der Waals surface area contributed by atoms with E-state index < -0.39 is 17.1 Å². The lowest BCUT2D eigenvalue weighted by atomic mass is 9.74. The molecule has 0 saturated carbocycles. The lowest BCUT2D eigenvalue weighted by Crippen LogP contribution is -2.35. The molecule has 0 spiro atoms. The molecule has 0 bridgehead atoms. The van der Waals surface area contributed by atoms with E-state index >= 15 is 0 Å². The van der Waals surface area contributed by atoms with Crippen LogP contribution in [0.3, 0.4) is 0 Å². The van der Waals surface area contributed by atoms with Gasteiger partial charge in [0.05, 0.1) is 12.7 Å².